The van der Waals surface area contributed by atoms with Crippen LogP contribution in [0.4, 0.5) is 0 Å². The van der Waals surface area contributed by atoms with Crippen LogP contribution in [0.3, 0.4) is 0 Å². The maximum atomic E-state index is 5.66. The molecule has 2 heterocycles. The van der Waals surface area contributed by atoms with Crippen LogP contribution in [-0.2, 0) is 4.74 Å². The first kappa shape index (κ1) is 10.3. The van der Waals surface area contributed by atoms with Gasteiger partial charge in [-0.05, 0) is 12.1 Å². The normalized spacial score (nSPS) is 26.2. The van der Waals surface area contributed by atoms with Crippen LogP contribution in [0.2, 0.25) is 0 Å². The third-order valence-electron chi connectivity index (χ3n) is 2.48. The number of hydrogen-bond acceptors (Lipinski definition) is 4. The largest absolute Gasteiger partial charge is 0.492 e. The molecule has 2 unspecified atom stereocenters. The first-order chi connectivity index (χ1) is 7.90. The van der Waals surface area contributed by atoms with E-state index in [1.54, 1.807) is 0 Å². The van der Waals surface area contributed by atoms with E-state index in [0.717, 1.165) is 24.7 Å². The van der Waals surface area contributed by atoms with Crippen molar-refractivity contribution in [3.63, 3.8) is 0 Å². The Hall–Kier alpha value is -0.870. The van der Waals surface area contributed by atoms with Gasteiger partial charge in [-0.25, -0.2) is 0 Å². The summed E-state index contributed by atoms with van der Waals surface area (Å²) in [4.78, 5) is 0. The van der Waals surface area contributed by atoms with Crippen LogP contribution in [0.15, 0.2) is 24.3 Å². The standard InChI is InChI=1S/C12H14O3S/c1-2-9(13-5-11-6-14-11)4-10(3-1)15-7-12-8-16-12/h1-4,11-12H,5-8H2. The summed E-state index contributed by atoms with van der Waals surface area (Å²) in [6.07, 6.45) is 0.299. The quantitative estimate of drug-likeness (QED) is 0.709. The van der Waals surface area contributed by atoms with E-state index in [2.05, 4.69) is 0 Å². The SMILES string of the molecule is c1cc(OCC2CO2)cc(OCC2CS2)c1. The lowest BCUT2D eigenvalue weighted by atomic mass is 10.3. The fraction of sp³-hybridized carbons (Fsp3) is 0.500. The molecule has 86 valence electrons. The predicted molar refractivity (Wildman–Crippen MR) is 63.4 cm³/mol. The summed E-state index contributed by atoms with van der Waals surface area (Å²) in [6.45, 7) is 2.27. The van der Waals surface area contributed by atoms with Crippen LogP contribution >= 0.6 is 11.8 Å². The number of rotatable bonds is 6. The Balaban J connectivity index is 1.52. The van der Waals surface area contributed by atoms with Crippen molar-refractivity contribution in [2.75, 3.05) is 25.6 Å². The van der Waals surface area contributed by atoms with Gasteiger partial charge in [0.05, 0.1) is 6.61 Å². The fourth-order valence-electron chi connectivity index (χ4n) is 1.36. The van der Waals surface area contributed by atoms with E-state index in [1.807, 2.05) is 36.0 Å². The van der Waals surface area contributed by atoms with Crippen LogP contribution in [0, 0.1) is 0 Å². The Bertz CT molecular complexity index is 330. The highest BCUT2D eigenvalue weighted by Crippen LogP contribution is 2.31. The summed E-state index contributed by atoms with van der Waals surface area (Å²) in [5, 5.41) is 0.699. The molecule has 2 aliphatic rings. The molecule has 2 atom stereocenters. The monoisotopic (exact) mass is 238 g/mol. The van der Waals surface area contributed by atoms with Crippen molar-refractivity contribution in [1.82, 2.24) is 0 Å². The zero-order valence-corrected chi connectivity index (χ0v) is 9.74. The zero-order chi connectivity index (χ0) is 10.8. The van der Waals surface area contributed by atoms with Gasteiger partial charge in [-0.1, -0.05) is 6.07 Å². The van der Waals surface area contributed by atoms with E-state index in [9.17, 15) is 0 Å². The van der Waals surface area contributed by atoms with Crippen molar-refractivity contribution >= 4 is 11.8 Å². The maximum Gasteiger partial charge on any atom is 0.123 e. The van der Waals surface area contributed by atoms with Gasteiger partial charge in [-0.15, -0.1) is 0 Å². The van der Waals surface area contributed by atoms with Gasteiger partial charge >= 0.3 is 0 Å². The van der Waals surface area contributed by atoms with E-state index in [1.165, 1.54) is 5.75 Å². The number of benzene rings is 1. The lowest BCUT2D eigenvalue weighted by Gasteiger charge is -2.07. The third kappa shape index (κ3) is 3.06. The molecule has 0 aliphatic carbocycles. The highest BCUT2D eigenvalue weighted by molar-refractivity contribution is 8.06. The zero-order valence-electron chi connectivity index (χ0n) is 8.93. The molecule has 2 fully saturated rings. The van der Waals surface area contributed by atoms with E-state index in [-0.39, 0.29) is 0 Å². The molecular weight excluding hydrogens is 224 g/mol. The van der Waals surface area contributed by atoms with E-state index >= 15 is 0 Å². The van der Waals surface area contributed by atoms with Crippen LogP contribution in [0.5, 0.6) is 11.5 Å². The van der Waals surface area contributed by atoms with Crippen LogP contribution in [0.1, 0.15) is 0 Å². The summed E-state index contributed by atoms with van der Waals surface area (Å²) in [5.74, 6) is 2.98. The molecule has 16 heavy (non-hydrogen) atoms. The smallest absolute Gasteiger partial charge is 0.123 e. The second-order valence-corrected chi connectivity index (χ2v) is 5.34. The molecule has 3 rings (SSSR count). The molecule has 0 amide bonds. The summed E-state index contributed by atoms with van der Waals surface area (Å²) in [5.41, 5.74) is 0. The molecule has 0 bridgehead atoms. The second kappa shape index (κ2) is 4.55. The highest BCUT2D eigenvalue weighted by Gasteiger charge is 2.24. The van der Waals surface area contributed by atoms with E-state index in [0.29, 0.717) is 18.0 Å². The number of ether oxygens (including phenoxy) is 3. The molecule has 0 aromatic heterocycles. The lowest BCUT2D eigenvalue weighted by Crippen LogP contribution is -2.05. The molecule has 3 nitrogen and oxygen atoms in total. The number of epoxide rings is 1. The number of thioether (sulfide) groups is 1. The van der Waals surface area contributed by atoms with Crippen LogP contribution < -0.4 is 9.47 Å². The molecule has 1 aromatic carbocycles. The van der Waals surface area contributed by atoms with Crippen molar-refractivity contribution < 1.29 is 14.2 Å². The second-order valence-electron chi connectivity index (χ2n) is 4.01. The first-order valence-corrected chi connectivity index (χ1v) is 6.54. The van der Waals surface area contributed by atoms with Crippen molar-refractivity contribution in [1.29, 1.82) is 0 Å². The van der Waals surface area contributed by atoms with Crippen molar-refractivity contribution in [3.8, 4) is 11.5 Å². The third-order valence-corrected chi connectivity index (χ3v) is 3.42. The summed E-state index contributed by atoms with van der Waals surface area (Å²) < 4.78 is 16.3. The lowest BCUT2D eigenvalue weighted by molar-refractivity contribution is 0.260. The van der Waals surface area contributed by atoms with Gasteiger partial charge in [0.2, 0.25) is 0 Å². The fourth-order valence-corrected chi connectivity index (χ4v) is 1.76. The molecule has 4 heteroatoms. The minimum atomic E-state index is 0.299. The molecule has 2 saturated heterocycles. The van der Waals surface area contributed by atoms with Crippen LogP contribution in [-0.4, -0.2) is 36.9 Å². The van der Waals surface area contributed by atoms with Crippen LogP contribution in [0.25, 0.3) is 0 Å². The highest BCUT2D eigenvalue weighted by atomic mass is 32.2. The van der Waals surface area contributed by atoms with Gasteiger partial charge in [-0.3, -0.25) is 0 Å². The van der Waals surface area contributed by atoms with E-state index < -0.39 is 0 Å². The molecule has 0 N–H and O–H groups in total. The Kier molecular flexibility index (Phi) is 2.93. The average Bonchev–Trinajstić information content (AvgIpc) is 3.17. The first-order valence-electron chi connectivity index (χ1n) is 5.49. The Morgan fingerprint density at radius 2 is 1.94 bits per heavy atom. The summed E-state index contributed by atoms with van der Waals surface area (Å²) in [6, 6.07) is 7.81. The average molecular weight is 238 g/mol. The van der Waals surface area contributed by atoms with Crippen molar-refractivity contribution in [2.45, 2.75) is 11.4 Å². The van der Waals surface area contributed by atoms with Gasteiger partial charge in [0.15, 0.2) is 0 Å². The minimum Gasteiger partial charge on any atom is -0.492 e. The van der Waals surface area contributed by atoms with E-state index in [4.69, 9.17) is 14.2 Å². The summed E-state index contributed by atoms with van der Waals surface area (Å²) in [7, 11) is 0. The van der Waals surface area contributed by atoms with Gasteiger partial charge in [0.25, 0.3) is 0 Å². The molecule has 0 saturated carbocycles. The molecule has 1 aromatic rings. The van der Waals surface area contributed by atoms with Crippen molar-refractivity contribution in [3.05, 3.63) is 24.3 Å². The predicted octanol–water partition coefficient (Wildman–Crippen LogP) is 1.96. The van der Waals surface area contributed by atoms with Gasteiger partial charge in [0.1, 0.15) is 30.8 Å². The molecular formula is C12H14O3S. The number of hydrogen-bond donors (Lipinski definition) is 0. The Morgan fingerprint density at radius 1 is 1.25 bits per heavy atom. The summed E-state index contributed by atoms with van der Waals surface area (Å²) >= 11 is 1.94. The molecule has 2 aliphatic heterocycles. The molecule has 0 spiro atoms. The minimum absolute atomic E-state index is 0.299. The van der Waals surface area contributed by atoms with Gasteiger partial charge in [0, 0.05) is 17.1 Å². The Morgan fingerprint density at radius 3 is 2.56 bits per heavy atom. The topological polar surface area (TPSA) is 31.0 Å². The molecule has 0 radical (unpaired) electrons. The van der Waals surface area contributed by atoms with Gasteiger partial charge in [-0.2, -0.15) is 11.8 Å². The van der Waals surface area contributed by atoms with Gasteiger partial charge < -0.3 is 14.2 Å². The Labute approximate surface area is 99.1 Å². The maximum absolute atomic E-state index is 5.66. The van der Waals surface area contributed by atoms with Crippen molar-refractivity contribution in [2.24, 2.45) is 0 Å².